The van der Waals surface area contributed by atoms with Gasteiger partial charge in [-0.15, -0.1) is 0 Å². The Morgan fingerprint density at radius 1 is 1.38 bits per heavy atom. The summed E-state index contributed by atoms with van der Waals surface area (Å²) in [5.74, 6) is -1.32. The number of carbonyl (C=O) groups is 3. The van der Waals surface area contributed by atoms with Crippen LogP contribution < -0.4 is 5.32 Å². The highest BCUT2D eigenvalue weighted by Gasteiger charge is 2.20. The van der Waals surface area contributed by atoms with Crippen LogP contribution in [0.25, 0.3) is 0 Å². The maximum atomic E-state index is 11.8. The second-order valence-corrected chi connectivity index (χ2v) is 5.87. The third-order valence-corrected chi connectivity index (χ3v) is 3.68. The van der Waals surface area contributed by atoms with E-state index in [0.717, 1.165) is 11.8 Å². The van der Waals surface area contributed by atoms with Gasteiger partial charge in [-0.3, -0.25) is 9.59 Å². The largest absolute Gasteiger partial charge is 0.478 e. The van der Waals surface area contributed by atoms with Crippen LogP contribution in [-0.4, -0.2) is 39.5 Å². The summed E-state index contributed by atoms with van der Waals surface area (Å²) in [5, 5.41) is 12.0. The number of aromatic carboxylic acids is 1. The maximum absolute atomic E-state index is 11.8. The molecule has 1 aromatic heterocycles. The van der Waals surface area contributed by atoms with Crippen molar-refractivity contribution in [2.75, 3.05) is 5.75 Å². The van der Waals surface area contributed by atoms with Crippen molar-refractivity contribution in [3.8, 4) is 0 Å². The fourth-order valence-electron chi connectivity index (χ4n) is 1.71. The van der Waals surface area contributed by atoms with Gasteiger partial charge >= 0.3 is 5.97 Å². The summed E-state index contributed by atoms with van der Waals surface area (Å²) >= 11 is 1.13. The van der Waals surface area contributed by atoms with Gasteiger partial charge in [-0.1, -0.05) is 25.6 Å². The number of rotatable bonds is 7. The fourth-order valence-corrected chi connectivity index (χ4v) is 2.42. The number of aromatic nitrogens is 1. The van der Waals surface area contributed by atoms with Crippen LogP contribution in [-0.2, 0) is 9.59 Å². The lowest BCUT2D eigenvalue weighted by Crippen LogP contribution is -2.44. The van der Waals surface area contributed by atoms with Crippen LogP contribution in [0, 0.1) is 5.92 Å². The van der Waals surface area contributed by atoms with E-state index in [9.17, 15) is 14.4 Å². The summed E-state index contributed by atoms with van der Waals surface area (Å²) in [5.41, 5.74) is 0.122. The van der Waals surface area contributed by atoms with Gasteiger partial charge in [0.05, 0.1) is 22.4 Å². The number of carboxylic acids is 1. The number of thioether (sulfide) groups is 1. The molecule has 0 saturated heterocycles. The smallest absolute Gasteiger partial charge is 0.335 e. The molecule has 0 aromatic carbocycles. The lowest BCUT2D eigenvalue weighted by molar-refractivity contribution is -0.126. The predicted molar refractivity (Wildman–Crippen MR) is 79.4 cm³/mol. The highest BCUT2D eigenvalue weighted by Crippen LogP contribution is 2.16. The Morgan fingerprint density at radius 3 is 2.57 bits per heavy atom. The quantitative estimate of drug-likeness (QED) is 0.743. The first-order valence-corrected chi connectivity index (χ1v) is 7.41. The molecule has 1 aromatic rings. The van der Waals surface area contributed by atoms with Gasteiger partial charge in [-0.2, -0.15) is 0 Å². The van der Waals surface area contributed by atoms with Crippen molar-refractivity contribution >= 4 is 29.4 Å². The molecule has 0 aliphatic heterocycles. The second kappa shape index (κ2) is 7.78. The number of Topliss-reactive ketones (excluding diaryl/α,β-unsaturated/α-hetero) is 1. The topological polar surface area (TPSA) is 96.4 Å². The third-order valence-electron chi connectivity index (χ3n) is 2.75. The highest BCUT2D eigenvalue weighted by atomic mass is 32.2. The Morgan fingerprint density at radius 2 is 2.05 bits per heavy atom. The Bertz CT molecular complexity index is 546. The van der Waals surface area contributed by atoms with E-state index in [2.05, 4.69) is 10.3 Å². The predicted octanol–water partition coefficient (Wildman–Crippen LogP) is 1.60. The van der Waals surface area contributed by atoms with Gasteiger partial charge in [0.1, 0.15) is 0 Å². The zero-order valence-electron chi connectivity index (χ0n) is 12.1. The van der Waals surface area contributed by atoms with E-state index < -0.39 is 12.0 Å². The summed E-state index contributed by atoms with van der Waals surface area (Å²) in [6.45, 7) is 5.16. The normalized spacial score (nSPS) is 12.0. The molecule has 1 amide bonds. The van der Waals surface area contributed by atoms with E-state index in [-0.39, 0.29) is 28.9 Å². The van der Waals surface area contributed by atoms with Gasteiger partial charge in [0, 0.05) is 6.20 Å². The van der Waals surface area contributed by atoms with Gasteiger partial charge in [0.2, 0.25) is 5.91 Å². The number of carboxylic acid groups (broad SMARTS) is 1. The minimum absolute atomic E-state index is 0.0184. The molecule has 0 radical (unpaired) electrons. The minimum Gasteiger partial charge on any atom is -0.478 e. The van der Waals surface area contributed by atoms with Crippen molar-refractivity contribution < 1.29 is 19.5 Å². The van der Waals surface area contributed by atoms with Crippen molar-refractivity contribution in [1.82, 2.24) is 10.3 Å². The molecule has 2 N–H and O–H groups in total. The van der Waals surface area contributed by atoms with Crippen LogP contribution >= 0.6 is 11.8 Å². The van der Waals surface area contributed by atoms with Crippen LogP contribution in [0.3, 0.4) is 0 Å². The Balaban J connectivity index is 2.58. The van der Waals surface area contributed by atoms with Gasteiger partial charge in [0.25, 0.3) is 0 Å². The summed E-state index contributed by atoms with van der Waals surface area (Å²) in [6, 6.07) is 2.29. The van der Waals surface area contributed by atoms with Crippen LogP contribution in [0.15, 0.2) is 23.4 Å². The number of ketones is 1. The van der Waals surface area contributed by atoms with E-state index in [0.29, 0.717) is 5.03 Å². The minimum atomic E-state index is -1.04. The van der Waals surface area contributed by atoms with E-state index in [1.165, 1.54) is 25.3 Å². The zero-order valence-corrected chi connectivity index (χ0v) is 12.9. The van der Waals surface area contributed by atoms with Gasteiger partial charge < -0.3 is 10.4 Å². The van der Waals surface area contributed by atoms with Gasteiger partial charge in [-0.25, -0.2) is 9.78 Å². The monoisotopic (exact) mass is 310 g/mol. The van der Waals surface area contributed by atoms with Crippen molar-refractivity contribution in [2.24, 2.45) is 5.92 Å². The first-order chi connectivity index (χ1) is 9.81. The molecule has 0 spiro atoms. The molecular weight excluding hydrogens is 292 g/mol. The molecule has 114 valence electrons. The summed E-state index contributed by atoms with van der Waals surface area (Å²) < 4.78 is 0. The first-order valence-electron chi connectivity index (χ1n) is 6.43. The molecule has 0 fully saturated rings. The number of nitrogens with one attached hydrogen (secondary N) is 1. The standard InChI is InChI=1S/C14H18N2O4S/c1-8(2)13(9(3)17)16-11(18)7-21-12-6-10(14(19)20)4-5-15-12/h4-6,8,13H,7H2,1-3H3,(H,16,18)(H,19,20). The first kappa shape index (κ1) is 17.2. The number of hydrogen-bond donors (Lipinski definition) is 2. The number of pyridine rings is 1. The Kier molecular flexibility index (Phi) is 6.36. The van der Waals surface area contributed by atoms with Crippen LogP contribution in [0.1, 0.15) is 31.1 Å². The van der Waals surface area contributed by atoms with Crippen LogP contribution in [0.2, 0.25) is 0 Å². The number of nitrogens with zero attached hydrogens (tertiary/aromatic N) is 1. The second-order valence-electron chi connectivity index (χ2n) is 4.88. The molecule has 1 heterocycles. The molecule has 0 aliphatic carbocycles. The molecule has 0 saturated carbocycles. The van der Waals surface area contributed by atoms with Gasteiger partial charge in [-0.05, 0) is 25.0 Å². The van der Waals surface area contributed by atoms with Crippen LogP contribution in [0.5, 0.6) is 0 Å². The van der Waals surface area contributed by atoms with Crippen molar-refractivity contribution in [2.45, 2.75) is 31.8 Å². The SMILES string of the molecule is CC(=O)C(NC(=O)CSc1cc(C(=O)O)ccn1)C(C)C. The Labute approximate surface area is 127 Å². The highest BCUT2D eigenvalue weighted by molar-refractivity contribution is 7.99. The number of hydrogen-bond acceptors (Lipinski definition) is 5. The number of amides is 1. The van der Waals surface area contributed by atoms with E-state index in [1.54, 1.807) is 0 Å². The lowest BCUT2D eigenvalue weighted by Gasteiger charge is -2.19. The fraction of sp³-hybridized carbons (Fsp3) is 0.429. The molecule has 1 rings (SSSR count). The molecule has 1 atom stereocenters. The van der Waals surface area contributed by atoms with Crippen molar-refractivity contribution in [3.05, 3.63) is 23.9 Å². The zero-order chi connectivity index (χ0) is 16.0. The van der Waals surface area contributed by atoms with E-state index in [1.807, 2.05) is 13.8 Å². The average molecular weight is 310 g/mol. The third kappa shape index (κ3) is 5.55. The molecule has 7 heteroatoms. The molecule has 1 unspecified atom stereocenters. The lowest BCUT2D eigenvalue weighted by atomic mass is 10.0. The number of carbonyl (C=O) groups excluding carboxylic acids is 2. The van der Waals surface area contributed by atoms with Gasteiger partial charge in [0.15, 0.2) is 5.78 Å². The van der Waals surface area contributed by atoms with Crippen molar-refractivity contribution in [3.63, 3.8) is 0 Å². The summed E-state index contributed by atoms with van der Waals surface area (Å²) in [6.07, 6.45) is 1.39. The van der Waals surface area contributed by atoms with E-state index in [4.69, 9.17) is 5.11 Å². The van der Waals surface area contributed by atoms with Crippen LogP contribution in [0.4, 0.5) is 0 Å². The Hall–Kier alpha value is -1.89. The van der Waals surface area contributed by atoms with E-state index >= 15 is 0 Å². The average Bonchev–Trinajstić information content (AvgIpc) is 2.42. The molecule has 6 nitrogen and oxygen atoms in total. The molecule has 0 bridgehead atoms. The van der Waals surface area contributed by atoms with Crippen molar-refractivity contribution in [1.29, 1.82) is 0 Å². The maximum Gasteiger partial charge on any atom is 0.335 e. The molecule has 0 aliphatic rings. The summed E-state index contributed by atoms with van der Waals surface area (Å²) in [7, 11) is 0. The molecular formula is C14H18N2O4S. The summed E-state index contributed by atoms with van der Waals surface area (Å²) in [4.78, 5) is 38.1. The molecule has 21 heavy (non-hydrogen) atoms.